The number of piperazine rings is 1. The number of aromatic nitrogens is 4. The molecule has 9 nitrogen and oxygen atoms in total. The number of carbonyl (C=O) groups excluding carboxylic acids is 1. The average molecular weight is 366 g/mol. The van der Waals surface area contributed by atoms with Crippen molar-refractivity contribution in [3.8, 4) is 17.5 Å². The molecule has 2 aromatic heterocycles. The number of piperidine rings is 2. The number of fused-ring (bicyclic) bond motifs is 3. The van der Waals surface area contributed by atoms with E-state index in [1.165, 1.54) is 0 Å². The number of hydrogen-bond acceptors (Lipinski definition) is 6. The zero-order chi connectivity index (χ0) is 19.0. The molecule has 2 bridgehead atoms. The number of nitrogens with one attached hydrogen (secondary N) is 1. The number of hydrogen-bond donors (Lipinski definition) is 1. The highest BCUT2D eigenvalue weighted by Crippen LogP contribution is 2.34. The Labute approximate surface area is 157 Å². The molecule has 0 aliphatic carbocycles. The van der Waals surface area contributed by atoms with E-state index in [4.69, 9.17) is 4.98 Å². The van der Waals surface area contributed by atoms with Gasteiger partial charge in [-0.2, -0.15) is 10.4 Å². The van der Waals surface area contributed by atoms with Gasteiger partial charge in [0.25, 0.3) is 0 Å². The second kappa shape index (κ2) is 6.87. The maximum Gasteiger partial charge on any atom is 0.317 e. The predicted octanol–water partition coefficient (Wildman–Crippen LogP) is 1.13. The summed E-state index contributed by atoms with van der Waals surface area (Å²) in [6, 6.07) is 2.49. The van der Waals surface area contributed by atoms with E-state index in [9.17, 15) is 10.1 Å². The van der Waals surface area contributed by atoms with Crippen molar-refractivity contribution in [2.24, 2.45) is 7.05 Å². The molecule has 5 rings (SSSR count). The maximum atomic E-state index is 12.3. The monoisotopic (exact) mass is 366 g/mol. The highest BCUT2D eigenvalue weighted by Gasteiger charge is 2.42. The molecule has 27 heavy (non-hydrogen) atoms. The Morgan fingerprint density at radius 2 is 2.15 bits per heavy atom. The van der Waals surface area contributed by atoms with Gasteiger partial charge in [0.1, 0.15) is 11.6 Å². The third-order valence-electron chi connectivity index (χ3n) is 5.24. The Morgan fingerprint density at radius 3 is 2.78 bits per heavy atom. The van der Waals surface area contributed by atoms with E-state index in [1.54, 1.807) is 17.1 Å². The fraction of sp³-hybridized carbons (Fsp3) is 0.500. The van der Waals surface area contributed by atoms with Gasteiger partial charge in [-0.1, -0.05) is 0 Å². The number of nitrogens with zero attached hydrogens (tertiary/aromatic N) is 7. The molecular weight excluding hydrogens is 344 g/mol. The molecule has 140 valence electrons. The van der Waals surface area contributed by atoms with Crippen LogP contribution in [-0.2, 0) is 7.05 Å². The van der Waals surface area contributed by atoms with Crippen molar-refractivity contribution in [3.63, 3.8) is 0 Å². The van der Waals surface area contributed by atoms with Gasteiger partial charge in [-0.15, -0.1) is 0 Å². The number of rotatable bonds is 3. The molecule has 2 amide bonds. The summed E-state index contributed by atoms with van der Waals surface area (Å²) in [5.74, 6) is 1.20. The van der Waals surface area contributed by atoms with E-state index in [1.807, 2.05) is 25.1 Å². The van der Waals surface area contributed by atoms with Crippen LogP contribution in [0.2, 0.25) is 0 Å². The van der Waals surface area contributed by atoms with Gasteiger partial charge in [0, 0.05) is 38.9 Å². The SMILES string of the molecule is CCNC(=O)N1C[C@@H]2CC[C@H]1CN2c1nc(-c2cnn(C)c2)ncc1C#N. The molecule has 0 unspecified atom stereocenters. The fourth-order valence-electron chi connectivity index (χ4n) is 3.94. The Kier molecular flexibility index (Phi) is 4.39. The first-order valence-corrected chi connectivity index (χ1v) is 9.18. The normalized spacial score (nSPS) is 21.2. The summed E-state index contributed by atoms with van der Waals surface area (Å²) in [5, 5.41) is 16.6. The summed E-state index contributed by atoms with van der Waals surface area (Å²) in [6.45, 7) is 3.87. The maximum absolute atomic E-state index is 12.3. The minimum absolute atomic E-state index is 0.00825. The predicted molar refractivity (Wildman–Crippen MR) is 98.9 cm³/mol. The van der Waals surface area contributed by atoms with E-state index >= 15 is 0 Å². The van der Waals surface area contributed by atoms with Crippen molar-refractivity contribution in [2.45, 2.75) is 31.8 Å². The van der Waals surface area contributed by atoms with E-state index in [2.05, 4.69) is 26.4 Å². The third kappa shape index (κ3) is 3.07. The summed E-state index contributed by atoms with van der Waals surface area (Å²) < 4.78 is 1.70. The molecule has 1 N–H and O–H groups in total. The molecule has 0 aromatic carbocycles. The van der Waals surface area contributed by atoms with Gasteiger partial charge in [-0.3, -0.25) is 4.68 Å². The van der Waals surface area contributed by atoms with Gasteiger partial charge in [-0.25, -0.2) is 14.8 Å². The number of anilines is 1. The van der Waals surface area contributed by atoms with Crippen molar-refractivity contribution in [1.29, 1.82) is 5.26 Å². The molecule has 3 saturated heterocycles. The molecule has 0 saturated carbocycles. The smallest absolute Gasteiger partial charge is 0.317 e. The van der Waals surface area contributed by atoms with E-state index in [-0.39, 0.29) is 18.1 Å². The first kappa shape index (κ1) is 17.3. The van der Waals surface area contributed by atoms with Gasteiger partial charge in [0.2, 0.25) is 0 Å². The van der Waals surface area contributed by atoms with Crippen LogP contribution in [0.4, 0.5) is 10.6 Å². The quantitative estimate of drug-likeness (QED) is 0.873. The number of amides is 2. The number of urea groups is 1. The lowest BCUT2D eigenvalue weighted by molar-refractivity contribution is 0.115. The average Bonchev–Trinajstić information content (AvgIpc) is 3.14. The highest BCUT2D eigenvalue weighted by molar-refractivity contribution is 5.75. The first-order valence-electron chi connectivity index (χ1n) is 9.18. The van der Waals surface area contributed by atoms with Crippen molar-refractivity contribution in [1.82, 2.24) is 30.0 Å². The van der Waals surface area contributed by atoms with Crippen LogP contribution in [0.5, 0.6) is 0 Å². The highest BCUT2D eigenvalue weighted by atomic mass is 16.2. The molecule has 3 aliphatic heterocycles. The van der Waals surface area contributed by atoms with Crippen molar-refractivity contribution >= 4 is 11.8 Å². The molecule has 9 heteroatoms. The van der Waals surface area contributed by atoms with Crippen LogP contribution in [0.1, 0.15) is 25.3 Å². The summed E-state index contributed by atoms with van der Waals surface area (Å²) in [4.78, 5) is 25.4. The lowest BCUT2D eigenvalue weighted by Gasteiger charge is -2.51. The Balaban J connectivity index is 1.64. The standard InChI is InChI=1S/C18H22N8O/c1-3-20-18(27)26-11-14-4-5-15(26)10-25(14)17-12(6-19)7-21-16(23-17)13-8-22-24(2)9-13/h7-9,14-15H,3-5,10-11H2,1-2H3,(H,20,27)/t14-,15-/m0/s1. The van der Waals surface area contributed by atoms with Crippen LogP contribution in [0.15, 0.2) is 18.6 Å². The van der Waals surface area contributed by atoms with E-state index in [0.29, 0.717) is 36.8 Å². The summed E-state index contributed by atoms with van der Waals surface area (Å²) >= 11 is 0. The molecule has 0 radical (unpaired) electrons. The summed E-state index contributed by atoms with van der Waals surface area (Å²) in [7, 11) is 1.84. The van der Waals surface area contributed by atoms with Gasteiger partial charge < -0.3 is 15.1 Å². The molecule has 3 aliphatic rings. The van der Waals surface area contributed by atoms with E-state index < -0.39 is 0 Å². The molecule has 2 atom stereocenters. The zero-order valence-electron chi connectivity index (χ0n) is 15.5. The minimum atomic E-state index is -0.00825. The molecular formula is C18H22N8O. The summed E-state index contributed by atoms with van der Waals surface area (Å²) in [5.41, 5.74) is 1.27. The Bertz CT molecular complexity index is 901. The second-order valence-corrected chi connectivity index (χ2v) is 6.97. The molecule has 0 spiro atoms. The lowest BCUT2D eigenvalue weighted by atomic mass is 9.90. The first-order chi connectivity index (χ1) is 13.1. The van der Waals surface area contributed by atoms with Crippen molar-refractivity contribution in [2.75, 3.05) is 24.5 Å². The van der Waals surface area contributed by atoms with Gasteiger partial charge in [0.15, 0.2) is 11.6 Å². The van der Waals surface area contributed by atoms with Crippen molar-refractivity contribution in [3.05, 3.63) is 24.2 Å². The third-order valence-corrected chi connectivity index (χ3v) is 5.24. The van der Waals surface area contributed by atoms with Crippen LogP contribution in [0.25, 0.3) is 11.4 Å². The lowest BCUT2D eigenvalue weighted by Crippen LogP contribution is -2.65. The molecule has 5 heterocycles. The van der Waals surface area contributed by atoms with Crippen LogP contribution in [0, 0.1) is 11.3 Å². The van der Waals surface area contributed by atoms with Crippen LogP contribution in [-0.4, -0.2) is 62.4 Å². The summed E-state index contributed by atoms with van der Waals surface area (Å²) in [6.07, 6.45) is 7.10. The zero-order valence-corrected chi connectivity index (χ0v) is 15.5. The molecule has 2 aromatic rings. The minimum Gasteiger partial charge on any atom is -0.349 e. The fourth-order valence-corrected chi connectivity index (χ4v) is 3.94. The van der Waals surface area contributed by atoms with Gasteiger partial charge in [-0.05, 0) is 19.8 Å². The van der Waals surface area contributed by atoms with Gasteiger partial charge in [0.05, 0.1) is 24.0 Å². The topological polar surface area (TPSA) is 103 Å². The largest absolute Gasteiger partial charge is 0.349 e. The van der Waals surface area contributed by atoms with Gasteiger partial charge >= 0.3 is 6.03 Å². The second-order valence-electron chi connectivity index (χ2n) is 6.97. The van der Waals surface area contributed by atoms with Crippen LogP contribution in [0.3, 0.4) is 0 Å². The van der Waals surface area contributed by atoms with Crippen LogP contribution < -0.4 is 10.2 Å². The van der Waals surface area contributed by atoms with Crippen LogP contribution >= 0.6 is 0 Å². The number of carbonyl (C=O) groups is 1. The number of aryl methyl sites for hydroxylation is 1. The molecule has 3 fully saturated rings. The van der Waals surface area contributed by atoms with E-state index in [0.717, 1.165) is 18.4 Å². The Morgan fingerprint density at radius 1 is 1.33 bits per heavy atom. The Hall–Kier alpha value is -3.15. The number of nitriles is 1. The van der Waals surface area contributed by atoms with Crippen molar-refractivity contribution < 1.29 is 4.79 Å².